The number of hydrogen-bond donors (Lipinski definition) is 1. The Morgan fingerprint density at radius 1 is 1.03 bits per heavy atom. The Morgan fingerprint density at radius 2 is 1.91 bits per heavy atom. The molecule has 0 fully saturated rings. The quantitative estimate of drug-likeness (QED) is 0.495. The maximum atomic E-state index is 13.2. The molecule has 2 aromatic heterocycles. The van der Waals surface area contributed by atoms with E-state index in [-0.39, 0.29) is 5.91 Å². The van der Waals surface area contributed by atoms with Gasteiger partial charge in [0.2, 0.25) is 11.9 Å². The molecule has 7 nitrogen and oxygen atoms in total. The van der Waals surface area contributed by atoms with Gasteiger partial charge in [0.1, 0.15) is 5.82 Å². The van der Waals surface area contributed by atoms with E-state index in [0.29, 0.717) is 12.4 Å². The van der Waals surface area contributed by atoms with Crippen LogP contribution in [0.15, 0.2) is 73.1 Å². The van der Waals surface area contributed by atoms with Gasteiger partial charge in [-0.1, -0.05) is 36.4 Å². The average Bonchev–Trinajstić information content (AvgIpc) is 3.11. The average molecular weight is 439 g/mol. The van der Waals surface area contributed by atoms with E-state index in [2.05, 4.69) is 27.5 Å². The maximum Gasteiger partial charge on any atom is 0.231 e. The number of aryl methyl sites for hydroxylation is 2. The van der Waals surface area contributed by atoms with Crippen LogP contribution in [0.3, 0.4) is 0 Å². The number of nitrogens with one attached hydrogen (secondary N) is 1. The molecule has 0 aliphatic carbocycles. The Bertz CT molecular complexity index is 1270. The Kier molecular flexibility index (Phi) is 5.85. The van der Waals surface area contributed by atoms with E-state index < -0.39 is 0 Å². The summed E-state index contributed by atoms with van der Waals surface area (Å²) in [5, 5.41) is 7.37. The SMILES string of the molecule is Cn1nccc1Nc1nccc(-c2ccc3c(c2)CCCCN3C(=O)Cc2ccccc2)n1. The van der Waals surface area contributed by atoms with Crippen LogP contribution in [0.5, 0.6) is 0 Å². The molecule has 33 heavy (non-hydrogen) atoms. The third-order valence-corrected chi connectivity index (χ3v) is 5.96. The summed E-state index contributed by atoms with van der Waals surface area (Å²) in [6.07, 6.45) is 6.89. The minimum Gasteiger partial charge on any atom is -0.312 e. The number of fused-ring (bicyclic) bond motifs is 1. The summed E-state index contributed by atoms with van der Waals surface area (Å²) in [6.45, 7) is 0.754. The van der Waals surface area contributed by atoms with E-state index >= 15 is 0 Å². The molecule has 0 bridgehead atoms. The van der Waals surface area contributed by atoms with Crippen LogP contribution < -0.4 is 10.2 Å². The number of amides is 1. The van der Waals surface area contributed by atoms with Gasteiger partial charge in [-0.2, -0.15) is 5.10 Å². The molecule has 0 atom stereocenters. The van der Waals surface area contributed by atoms with E-state index in [1.165, 1.54) is 5.56 Å². The molecule has 1 amide bonds. The highest BCUT2D eigenvalue weighted by Crippen LogP contribution is 2.31. The van der Waals surface area contributed by atoms with Crippen LogP contribution in [0.1, 0.15) is 24.0 Å². The molecule has 3 heterocycles. The number of anilines is 3. The molecule has 1 aliphatic heterocycles. The van der Waals surface area contributed by atoms with Gasteiger partial charge in [-0.3, -0.25) is 9.48 Å². The lowest BCUT2D eigenvalue weighted by Gasteiger charge is -2.23. The van der Waals surface area contributed by atoms with E-state index in [1.54, 1.807) is 17.1 Å². The summed E-state index contributed by atoms with van der Waals surface area (Å²) >= 11 is 0. The molecule has 1 N–H and O–H groups in total. The van der Waals surface area contributed by atoms with Gasteiger partial charge in [0, 0.05) is 37.1 Å². The van der Waals surface area contributed by atoms with Crippen molar-refractivity contribution in [3.63, 3.8) is 0 Å². The molecule has 2 aromatic carbocycles. The molecule has 7 heteroatoms. The summed E-state index contributed by atoms with van der Waals surface area (Å²) in [5.74, 6) is 1.48. The van der Waals surface area contributed by atoms with Crippen molar-refractivity contribution in [3.8, 4) is 11.3 Å². The van der Waals surface area contributed by atoms with E-state index in [4.69, 9.17) is 4.98 Å². The zero-order chi connectivity index (χ0) is 22.6. The summed E-state index contributed by atoms with van der Waals surface area (Å²) in [5.41, 5.74) is 5.09. The third-order valence-electron chi connectivity index (χ3n) is 5.96. The van der Waals surface area contributed by atoms with Crippen molar-refractivity contribution in [2.24, 2.45) is 7.05 Å². The molecule has 166 valence electrons. The van der Waals surface area contributed by atoms with Crippen LogP contribution >= 0.6 is 0 Å². The van der Waals surface area contributed by atoms with E-state index in [0.717, 1.165) is 54.1 Å². The van der Waals surface area contributed by atoms with Gasteiger partial charge in [0.05, 0.1) is 18.3 Å². The normalized spacial score (nSPS) is 13.3. The van der Waals surface area contributed by atoms with Gasteiger partial charge in [0.25, 0.3) is 0 Å². The van der Waals surface area contributed by atoms with Crippen molar-refractivity contribution >= 4 is 23.4 Å². The first-order valence-electron chi connectivity index (χ1n) is 11.2. The van der Waals surface area contributed by atoms with Gasteiger partial charge in [-0.15, -0.1) is 0 Å². The van der Waals surface area contributed by atoms with Gasteiger partial charge in [-0.05, 0) is 48.6 Å². The number of hydrogen-bond acceptors (Lipinski definition) is 5. The third kappa shape index (κ3) is 4.62. The maximum absolute atomic E-state index is 13.2. The van der Waals surface area contributed by atoms with Crippen molar-refractivity contribution in [2.75, 3.05) is 16.8 Å². The smallest absolute Gasteiger partial charge is 0.231 e. The molecule has 0 radical (unpaired) electrons. The van der Waals surface area contributed by atoms with Gasteiger partial charge in [-0.25, -0.2) is 9.97 Å². The van der Waals surface area contributed by atoms with Crippen molar-refractivity contribution in [3.05, 3.63) is 84.2 Å². The first kappa shape index (κ1) is 20.9. The molecular formula is C26H26N6O. The number of aromatic nitrogens is 4. The Hall–Kier alpha value is -4.00. The van der Waals surface area contributed by atoms with Crippen LogP contribution in [0, 0.1) is 0 Å². The first-order valence-corrected chi connectivity index (χ1v) is 11.2. The lowest BCUT2D eigenvalue weighted by Crippen LogP contribution is -2.33. The minimum atomic E-state index is 0.141. The highest BCUT2D eigenvalue weighted by molar-refractivity contribution is 5.96. The standard InChI is InChI=1S/C26H26N6O/c1-31-24(13-15-28-31)30-26-27-14-12-22(29-26)20-10-11-23-21(18-20)9-5-6-16-32(23)25(33)17-19-7-3-2-4-8-19/h2-4,7-8,10-15,18H,5-6,9,16-17H2,1H3,(H,27,29,30). The molecule has 0 saturated carbocycles. The monoisotopic (exact) mass is 438 g/mol. The van der Waals surface area contributed by atoms with Crippen LogP contribution in [0.4, 0.5) is 17.5 Å². The van der Waals surface area contributed by atoms with E-state index in [1.807, 2.05) is 60.5 Å². The molecule has 0 unspecified atom stereocenters. The van der Waals surface area contributed by atoms with Crippen molar-refractivity contribution < 1.29 is 4.79 Å². The Morgan fingerprint density at radius 3 is 2.73 bits per heavy atom. The van der Waals surface area contributed by atoms with Gasteiger partial charge in [0.15, 0.2) is 0 Å². The highest BCUT2D eigenvalue weighted by Gasteiger charge is 2.22. The summed E-state index contributed by atoms with van der Waals surface area (Å²) < 4.78 is 1.74. The number of benzene rings is 2. The second-order valence-corrected chi connectivity index (χ2v) is 8.24. The number of carbonyl (C=O) groups excluding carboxylic acids is 1. The minimum absolute atomic E-state index is 0.141. The predicted octanol–water partition coefficient (Wildman–Crippen LogP) is 4.53. The fourth-order valence-corrected chi connectivity index (χ4v) is 4.23. The first-order chi connectivity index (χ1) is 16.2. The van der Waals surface area contributed by atoms with Crippen LogP contribution in [0.2, 0.25) is 0 Å². The molecule has 1 aliphatic rings. The van der Waals surface area contributed by atoms with Crippen molar-refractivity contribution in [1.29, 1.82) is 0 Å². The van der Waals surface area contributed by atoms with Gasteiger partial charge < -0.3 is 10.2 Å². The number of carbonyl (C=O) groups is 1. The summed E-state index contributed by atoms with van der Waals surface area (Å²) in [7, 11) is 1.86. The fourth-order valence-electron chi connectivity index (χ4n) is 4.23. The number of rotatable bonds is 5. The number of nitrogens with zero attached hydrogens (tertiary/aromatic N) is 5. The predicted molar refractivity (Wildman–Crippen MR) is 129 cm³/mol. The largest absolute Gasteiger partial charge is 0.312 e. The topological polar surface area (TPSA) is 75.9 Å². The van der Waals surface area contributed by atoms with Crippen molar-refractivity contribution in [2.45, 2.75) is 25.7 Å². The summed E-state index contributed by atoms with van der Waals surface area (Å²) in [6, 6.07) is 20.0. The Labute approximate surface area is 193 Å². The zero-order valence-electron chi connectivity index (χ0n) is 18.6. The van der Waals surface area contributed by atoms with Crippen LogP contribution in [0.25, 0.3) is 11.3 Å². The Balaban J connectivity index is 1.41. The highest BCUT2D eigenvalue weighted by atomic mass is 16.2. The second kappa shape index (κ2) is 9.24. The van der Waals surface area contributed by atoms with Gasteiger partial charge >= 0.3 is 0 Å². The van der Waals surface area contributed by atoms with Crippen molar-refractivity contribution in [1.82, 2.24) is 19.7 Å². The summed E-state index contributed by atoms with van der Waals surface area (Å²) in [4.78, 5) is 24.1. The molecule has 5 rings (SSSR count). The second-order valence-electron chi connectivity index (χ2n) is 8.24. The van der Waals surface area contributed by atoms with E-state index in [9.17, 15) is 4.79 Å². The molecule has 0 spiro atoms. The fraction of sp³-hybridized carbons (Fsp3) is 0.231. The van der Waals surface area contributed by atoms with Crippen LogP contribution in [-0.4, -0.2) is 32.2 Å². The lowest BCUT2D eigenvalue weighted by molar-refractivity contribution is -0.118. The zero-order valence-corrected chi connectivity index (χ0v) is 18.6. The lowest BCUT2D eigenvalue weighted by atomic mass is 10.0. The van der Waals surface area contributed by atoms with Crippen LogP contribution in [-0.2, 0) is 24.7 Å². The molecule has 4 aromatic rings. The molecular weight excluding hydrogens is 412 g/mol. The molecule has 0 saturated heterocycles.